The van der Waals surface area contributed by atoms with Gasteiger partial charge >= 0.3 is 12.6 Å². The van der Waals surface area contributed by atoms with Crippen LogP contribution in [0.1, 0.15) is 26.3 Å². The number of alkyl halides is 2. The minimum atomic E-state index is -3.00. The van der Waals surface area contributed by atoms with Crippen LogP contribution in [0.15, 0.2) is 72.8 Å². The molecule has 1 aromatic heterocycles. The minimum Gasteiger partial charge on any atom is -0.452 e. The average Bonchev–Trinajstić information content (AvgIpc) is 3.04. The average molecular weight is 409 g/mol. The van der Waals surface area contributed by atoms with Gasteiger partial charge < -0.3 is 14.2 Å². The van der Waals surface area contributed by atoms with Crippen LogP contribution in [-0.2, 0) is 0 Å². The normalized spacial score (nSPS) is 13.8. The zero-order chi connectivity index (χ0) is 21.1. The lowest BCUT2D eigenvalue weighted by molar-refractivity contribution is -0.0500. The summed E-state index contributed by atoms with van der Waals surface area (Å²) < 4.78 is 40.5. The lowest BCUT2D eigenvalue weighted by atomic mass is 10.1. The number of halogens is 2. The molecule has 2 heterocycles. The van der Waals surface area contributed by atoms with Crippen molar-refractivity contribution in [2.75, 3.05) is 0 Å². The molecule has 0 radical (unpaired) electrons. The van der Waals surface area contributed by atoms with E-state index in [1.165, 1.54) is 54.9 Å². The number of Topliss-reactive ketones (excluding diaryl/α,β-unsaturated/α-hetero) is 1. The molecule has 0 saturated heterocycles. The third-order valence-corrected chi connectivity index (χ3v) is 4.17. The summed E-state index contributed by atoms with van der Waals surface area (Å²) in [7, 11) is 0. The second kappa shape index (κ2) is 8.12. The van der Waals surface area contributed by atoms with E-state index in [1.54, 1.807) is 18.2 Å². The number of allylic oxidation sites excluding steroid dienone is 1. The number of carbonyl (C=O) groups is 2. The summed E-state index contributed by atoms with van der Waals surface area (Å²) >= 11 is 0. The second-order valence-electron chi connectivity index (χ2n) is 6.15. The summed E-state index contributed by atoms with van der Waals surface area (Å²) in [5.41, 5.74) is 0.790. The number of para-hydroxylation sites is 1. The molecule has 3 aromatic rings. The number of pyridine rings is 1. The van der Waals surface area contributed by atoms with Gasteiger partial charge in [0, 0.05) is 24.0 Å². The molecule has 0 unspecified atom stereocenters. The first-order valence-corrected chi connectivity index (χ1v) is 8.75. The SMILES string of the molecule is O=C(Oc1ccc2c(c1)O/C(=C\c1ccccc1OC(F)F)C2=O)c1cccnc1. The van der Waals surface area contributed by atoms with Gasteiger partial charge in [-0.25, -0.2) is 4.79 Å². The van der Waals surface area contributed by atoms with Crippen LogP contribution in [0.5, 0.6) is 17.2 Å². The van der Waals surface area contributed by atoms with Crippen LogP contribution in [0.2, 0.25) is 0 Å². The van der Waals surface area contributed by atoms with Crippen molar-refractivity contribution in [3.05, 3.63) is 89.4 Å². The number of hydrogen-bond donors (Lipinski definition) is 0. The molecule has 8 heteroatoms. The second-order valence-corrected chi connectivity index (χ2v) is 6.15. The molecule has 6 nitrogen and oxygen atoms in total. The van der Waals surface area contributed by atoms with Gasteiger partial charge in [-0.05, 0) is 36.4 Å². The maximum absolute atomic E-state index is 12.6. The van der Waals surface area contributed by atoms with Gasteiger partial charge in [0.25, 0.3) is 0 Å². The monoisotopic (exact) mass is 409 g/mol. The molecule has 4 rings (SSSR count). The lowest BCUT2D eigenvalue weighted by Crippen LogP contribution is -2.08. The predicted molar refractivity (Wildman–Crippen MR) is 102 cm³/mol. The molecule has 0 bridgehead atoms. The van der Waals surface area contributed by atoms with Crippen molar-refractivity contribution in [3.8, 4) is 17.2 Å². The third kappa shape index (κ3) is 4.02. The Balaban J connectivity index is 1.57. The first kappa shape index (κ1) is 19.3. The number of rotatable bonds is 5. The van der Waals surface area contributed by atoms with E-state index in [0.717, 1.165) is 0 Å². The molecule has 2 aromatic carbocycles. The van der Waals surface area contributed by atoms with Crippen LogP contribution in [0.3, 0.4) is 0 Å². The molecule has 0 fully saturated rings. The zero-order valence-corrected chi connectivity index (χ0v) is 15.2. The number of ketones is 1. The molecule has 0 saturated carbocycles. The number of fused-ring (bicyclic) bond motifs is 1. The quantitative estimate of drug-likeness (QED) is 0.351. The van der Waals surface area contributed by atoms with Gasteiger partial charge in [-0.2, -0.15) is 8.78 Å². The minimum absolute atomic E-state index is 0.0638. The van der Waals surface area contributed by atoms with Gasteiger partial charge in [0.1, 0.15) is 17.2 Å². The van der Waals surface area contributed by atoms with E-state index in [9.17, 15) is 18.4 Å². The molecule has 150 valence electrons. The van der Waals surface area contributed by atoms with E-state index < -0.39 is 18.4 Å². The molecule has 1 aliphatic heterocycles. The maximum Gasteiger partial charge on any atom is 0.387 e. The van der Waals surface area contributed by atoms with Gasteiger partial charge in [-0.15, -0.1) is 0 Å². The van der Waals surface area contributed by atoms with E-state index in [-0.39, 0.29) is 39.7 Å². The Labute approximate surface area is 169 Å². The fourth-order valence-electron chi connectivity index (χ4n) is 2.82. The zero-order valence-electron chi connectivity index (χ0n) is 15.2. The van der Waals surface area contributed by atoms with Crippen LogP contribution in [-0.4, -0.2) is 23.3 Å². The molecule has 0 amide bonds. The highest BCUT2D eigenvalue weighted by molar-refractivity contribution is 6.14. The van der Waals surface area contributed by atoms with Gasteiger partial charge in [0.15, 0.2) is 5.76 Å². The smallest absolute Gasteiger partial charge is 0.387 e. The molecule has 0 aliphatic carbocycles. The first-order valence-electron chi connectivity index (χ1n) is 8.75. The van der Waals surface area contributed by atoms with E-state index in [0.29, 0.717) is 0 Å². The van der Waals surface area contributed by atoms with Crippen molar-refractivity contribution >= 4 is 17.8 Å². The Hall–Kier alpha value is -4.07. The van der Waals surface area contributed by atoms with E-state index in [1.807, 2.05) is 0 Å². The fourth-order valence-corrected chi connectivity index (χ4v) is 2.82. The highest BCUT2D eigenvalue weighted by Crippen LogP contribution is 2.36. The van der Waals surface area contributed by atoms with Crippen LogP contribution >= 0.6 is 0 Å². The topological polar surface area (TPSA) is 74.7 Å². The number of carbonyl (C=O) groups excluding carboxylic acids is 2. The highest BCUT2D eigenvalue weighted by Gasteiger charge is 2.28. The Morgan fingerprint density at radius 1 is 1.10 bits per heavy atom. The third-order valence-electron chi connectivity index (χ3n) is 4.17. The van der Waals surface area contributed by atoms with Crippen molar-refractivity contribution in [2.24, 2.45) is 0 Å². The summed E-state index contributed by atoms with van der Waals surface area (Å²) in [6.45, 7) is -3.00. The van der Waals surface area contributed by atoms with E-state index in [2.05, 4.69) is 9.72 Å². The molecule has 1 aliphatic rings. The van der Waals surface area contributed by atoms with Crippen LogP contribution in [0.4, 0.5) is 8.78 Å². The molecule has 30 heavy (non-hydrogen) atoms. The first-order chi connectivity index (χ1) is 14.5. The van der Waals surface area contributed by atoms with Gasteiger partial charge in [-0.3, -0.25) is 9.78 Å². The van der Waals surface area contributed by atoms with Gasteiger partial charge in [0.2, 0.25) is 5.78 Å². The van der Waals surface area contributed by atoms with Crippen molar-refractivity contribution < 1.29 is 32.6 Å². The molecule has 0 N–H and O–H groups in total. The molecule has 0 spiro atoms. The number of aromatic nitrogens is 1. The largest absolute Gasteiger partial charge is 0.452 e. The van der Waals surface area contributed by atoms with Crippen LogP contribution in [0.25, 0.3) is 6.08 Å². The van der Waals surface area contributed by atoms with Crippen molar-refractivity contribution in [3.63, 3.8) is 0 Å². The Morgan fingerprint density at radius 3 is 2.70 bits per heavy atom. The Bertz CT molecular complexity index is 1150. The number of benzene rings is 2. The van der Waals surface area contributed by atoms with E-state index >= 15 is 0 Å². The molecular formula is C22H13F2NO5. The van der Waals surface area contributed by atoms with Crippen molar-refractivity contribution in [2.45, 2.75) is 6.61 Å². The summed E-state index contributed by atoms with van der Waals surface area (Å²) in [5.74, 6) is -0.819. The van der Waals surface area contributed by atoms with Gasteiger partial charge in [0.05, 0.1) is 11.1 Å². The summed E-state index contributed by atoms with van der Waals surface area (Å²) in [5, 5.41) is 0. The number of nitrogens with zero attached hydrogens (tertiary/aromatic N) is 1. The molecular weight excluding hydrogens is 396 g/mol. The Kier molecular flexibility index (Phi) is 5.21. The van der Waals surface area contributed by atoms with Crippen molar-refractivity contribution in [1.82, 2.24) is 4.98 Å². The number of ether oxygens (including phenoxy) is 3. The Morgan fingerprint density at radius 2 is 1.93 bits per heavy atom. The number of esters is 1. The van der Waals surface area contributed by atoms with Crippen LogP contribution in [0, 0.1) is 0 Å². The lowest BCUT2D eigenvalue weighted by Gasteiger charge is -2.08. The fraction of sp³-hybridized carbons (Fsp3) is 0.0455. The van der Waals surface area contributed by atoms with Crippen molar-refractivity contribution in [1.29, 1.82) is 0 Å². The highest BCUT2D eigenvalue weighted by atomic mass is 19.3. The summed E-state index contributed by atoms with van der Waals surface area (Å²) in [6, 6.07) is 13.5. The predicted octanol–water partition coefficient (Wildman–Crippen LogP) is 4.52. The maximum atomic E-state index is 12.6. The van der Waals surface area contributed by atoms with Crippen LogP contribution < -0.4 is 14.2 Å². The summed E-state index contributed by atoms with van der Waals surface area (Å²) in [4.78, 5) is 28.6. The standard InChI is InChI=1S/C22H13F2NO5/c23-22(24)30-17-6-2-1-4-13(17)10-19-20(26)16-8-7-15(11-18(16)29-19)28-21(27)14-5-3-9-25-12-14/h1-12,22H/b19-10-. The molecule has 0 atom stereocenters. The van der Waals surface area contributed by atoms with E-state index in [4.69, 9.17) is 9.47 Å². The number of hydrogen-bond acceptors (Lipinski definition) is 6. The summed E-state index contributed by atoms with van der Waals surface area (Å²) in [6.07, 6.45) is 4.22. The van der Waals surface area contributed by atoms with Gasteiger partial charge in [-0.1, -0.05) is 18.2 Å².